The Morgan fingerprint density at radius 3 is 2.76 bits per heavy atom. The number of hydrogen-bond donors (Lipinski definition) is 1. The molecule has 25 heavy (non-hydrogen) atoms. The molecule has 1 aliphatic heterocycles. The Labute approximate surface area is 151 Å². The van der Waals surface area contributed by atoms with E-state index < -0.39 is 0 Å². The van der Waals surface area contributed by atoms with E-state index >= 15 is 0 Å². The van der Waals surface area contributed by atoms with Gasteiger partial charge in [0.05, 0.1) is 21.5 Å². The van der Waals surface area contributed by atoms with Crippen LogP contribution in [0.5, 0.6) is 17.2 Å². The molecule has 1 N–H and O–H groups in total. The predicted molar refractivity (Wildman–Crippen MR) is 99.8 cm³/mol. The van der Waals surface area contributed by atoms with E-state index in [2.05, 4.69) is 15.3 Å². The van der Waals surface area contributed by atoms with Gasteiger partial charge in [-0.15, -0.1) is 0 Å². The van der Waals surface area contributed by atoms with Crippen molar-refractivity contribution in [2.24, 2.45) is 0 Å². The molecule has 0 saturated carbocycles. The van der Waals surface area contributed by atoms with Crippen LogP contribution in [0.3, 0.4) is 0 Å². The van der Waals surface area contributed by atoms with Crippen molar-refractivity contribution in [1.82, 2.24) is 9.97 Å². The summed E-state index contributed by atoms with van der Waals surface area (Å²) in [7, 11) is 0. The summed E-state index contributed by atoms with van der Waals surface area (Å²) in [5.74, 6) is 2.31. The van der Waals surface area contributed by atoms with Gasteiger partial charge in [-0.3, -0.25) is 0 Å². The molecule has 0 aliphatic carbocycles. The van der Waals surface area contributed by atoms with Crippen molar-refractivity contribution in [3.05, 3.63) is 30.3 Å². The zero-order valence-corrected chi connectivity index (χ0v) is 14.9. The highest BCUT2D eigenvalue weighted by Gasteiger charge is 2.17. The average molecular weight is 371 g/mol. The third-order valence-corrected chi connectivity index (χ3v) is 5.65. The van der Waals surface area contributed by atoms with Gasteiger partial charge in [-0.1, -0.05) is 28.7 Å². The van der Waals surface area contributed by atoms with Crippen LogP contribution in [0.25, 0.3) is 20.4 Å². The van der Waals surface area contributed by atoms with Crippen molar-refractivity contribution in [3.63, 3.8) is 0 Å². The first kappa shape index (κ1) is 14.7. The van der Waals surface area contributed by atoms with E-state index in [9.17, 15) is 0 Å². The first-order chi connectivity index (χ1) is 12.3. The number of nitrogens with zero attached hydrogens (tertiary/aromatic N) is 2. The maximum absolute atomic E-state index is 5.65. The Kier molecular flexibility index (Phi) is 3.39. The second-order valence-electron chi connectivity index (χ2n) is 5.37. The number of thiazole rings is 2. The molecule has 0 radical (unpaired) electrons. The molecule has 0 bridgehead atoms. The van der Waals surface area contributed by atoms with Crippen LogP contribution in [0.1, 0.15) is 6.92 Å². The van der Waals surface area contributed by atoms with E-state index in [1.165, 1.54) is 0 Å². The molecule has 0 saturated heterocycles. The van der Waals surface area contributed by atoms with Crippen molar-refractivity contribution >= 4 is 53.4 Å². The van der Waals surface area contributed by atoms with Gasteiger partial charge in [0.1, 0.15) is 11.3 Å². The van der Waals surface area contributed by atoms with Crippen LogP contribution in [0.15, 0.2) is 30.3 Å². The van der Waals surface area contributed by atoms with Crippen molar-refractivity contribution in [2.75, 3.05) is 18.7 Å². The van der Waals surface area contributed by atoms with Gasteiger partial charge in [0, 0.05) is 12.1 Å². The molecular formula is C17H13N3O3S2. The minimum absolute atomic E-state index is 0.269. The summed E-state index contributed by atoms with van der Waals surface area (Å²) in [5, 5.41) is 4.89. The predicted octanol–water partition coefficient (Wildman–Crippen LogP) is 4.78. The minimum Gasteiger partial charge on any atom is -0.492 e. The van der Waals surface area contributed by atoms with E-state index in [0.29, 0.717) is 6.61 Å². The lowest BCUT2D eigenvalue weighted by Crippen LogP contribution is -1.93. The van der Waals surface area contributed by atoms with E-state index in [-0.39, 0.29) is 6.79 Å². The van der Waals surface area contributed by atoms with Crippen LogP contribution in [0.4, 0.5) is 10.3 Å². The highest BCUT2D eigenvalue weighted by Crippen LogP contribution is 2.40. The van der Waals surface area contributed by atoms with Gasteiger partial charge in [-0.05, 0) is 19.1 Å². The number of aromatic nitrogens is 2. The summed E-state index contributed by atoms with van der Waals surface area (Å²) in [4.78, 5) is 9.28. The van der Waals surface area contributed by atoms with E-state index in [4.69, 9.17) is 14.2 Å². The van der Waals surface area contributed by atoms with Gasteiger partial charge >= 0.3 is 0 Å². The molecule has 3 heterocycles. The number of anilines is 2. The summed E-state index contributed by atoms with van der Waals surface area (Å²) in [6.45, 7) is 2.86. The molecule has 0 atom stereocenters. The van der Waals surface area contributed by atoms with Gasteiger partial charge in [0.25, 0.3) is 0 Å². The van der Waals surface area contributed by atoms with Gasteiger partial charge in [0.15, 0.2) is 21.8 Å². The van der Waals surface area contributed by atoms with E-state index in [0.717, 1.165) is 47.9 Å². The first-order valence-corrected chi connectivity index (χ1v) is 9.43. The fourth-order valence-corrected chi connectivity index (χ4v) is 4.53. The summed E-state index contributed by atoms with van der Waals surface area (Å²) >= 11 is 3.14. The molecule has 2 aromatic heterocycles. The zero-order chi connectivity index (χ0) is 16.8. The lowest BCUT2D eigenvalue weighted by Gasteiger charge is -2.01. The number of nitrogens with one attached hydrogen (secondary N) is 1. The Balaban J connectivity index is 1.49. The topological polar surface area (TPSA) is 65.5 Å². The van der Waals surface area contributed by atoms with E-state index in [1.54, 1.807) is 22.7 Å². The Bertz CT molecular complexity index is 1050. The molecule has 126 valence electrons. The molecule has 0 amide bonds. The molecule has 2 aromatic carbocycles. The fraction of sp³-hybridized carbons (Fsp3) is 0.176. The fourth-order valence-electron chi connectivity index (χ4n) is 2.71. The maximum Gasteiger partial charge on any atom is 0.231 e. The van der Waals surface area contributed by atoms with Gasteiger partial charge < -0.3 is 19.5 Å². The Morgan fingerprint density at radius 2 is 1.88 bits per heavy atom. The highest BCUT2D eigenvalue weighted by molar-refractivity contribution is 7.24. The lowest BCUT2D eigenvalue weighted by atomic mass is 10.3. The SMILES string of the molecule is CCOc1cccc2sc(Nc3nc4cc5c(cc4s3)OCO5)nc12. The first-order valence-electron chi connectivity index (χ1n) is 7.80. The summed E-state index contributed by atoms with van der Waals surface area (Å²) < 4.78 is 18.6. The van der Waals surface area contributed by atoms with Crippen LogP contribution in [0.2, 0.25) is 0 Å². The standard InChI is InChI=1S/C17H13N3O3S2/c1-2-21-10-4-3-5-13-15(10)19-17(24-13)20-16-18-9-6-11-12(23-8-22-11)7-14(9)25-16/h3-7H,2,8H2,1H3,(H,18,19,20). The van der Waals surface area contributed by atoms with Crippen LogP contribution in [-0.4, -0.2) is 23.4 Å². The summed E-state index contributed by atoms with van der Waals surface area (Å²) in [6, 6.07) is 9.83. The van der Waals surface area contributed by atoms with Gasteiger partial charge in [-0.25, -0.2) is 9.97 Å². The zero-order valence-electron chi connectivity index (χ0n) is 13.2. The van der Waals surface area contributed by atoms with Gasteiger partial charge in [-0.2, -0.15) is 0 Å². The summed E-state index contributed by atoms with van der Waals surface area (Å²) in [6.07, 6.45) is 0. The van der Waals surface area contributed by atoms with Crippen LogP contribution in [0, 0.1) is 0 Å². The average Bonchev–Trinajstić information content (AvgIpc) is 3.30. The number of rotatable bonds is 4. The minimum atomic E-state index is 0.269. The highest BCUT2D eigenvalue weighted by atomic mass is 32.1. The molecule has 0 unspecified atom stereocenters. The second kappa shape index (κ2) is 5.75. The molecule has 0 fully saturated rings. The Hall–Kier alpha value is -2.58. The number of hydrogen-bond acceptors (Lipinski definition) is 8. The van der Waals surface area contributed by atoms with Crippen molar-refractivity contribution in [3.8, 4) is 17.2 Å². The summed E-state index contributed by atoms with van der Waals surface area (Å²) in [5.41, 5.74) is 1.76. The largest absolute Gasteiger partial charge is 0.492 e. The van der Waals surface area contributed by atoms with Crippen molar-refractivity contribution < 1.29 is 14.2 Å². The monoisotopic (exact) mass is 371 g/mol. The van der Waals surface area contributed by atoms with Crippen LogP contribution < -0.4 is 19.5 Å². The molecule has 5 rings (SSSR count). The normalized spacial score (nSPS) is 12.8. The lowest BCUT2D eigenvalue weighted by molar-refractivity contribution is 0.174. The third kappa shape index (κ3) is 2.54. The third-order valence-electron chi connectivity index (χ3n) is 3.78. The second-order valence-corrected chi connectivity index (χ2v) is 7.43. The van der Waals surface area contributed by atoms with Crippen LogP contribution >= 0.6 is 22.7 Å². The molecule has 1 aliphatic rings. The number of fused-ring (bicyclic) bond motifs is 3. The number of para-hydroxylation sites is 1. The maximum atomic E-state index is 5.65. The molecule has 8 heteroatoms. The molecule has 6 nitrogen and oxygen atoms in total. The Morgan fingerprint density at radius 1 is 1.08 bits per heavy atom. The van der Waals surface area contributed by atoms with Crippen molar-refractivity contribution in [2.45, 2.75) is 6.92 Å². The van der Waals surface area contributed by atoms with E-state index in [1.807, 2.05) is 37.3 Å². The van der Waals surface area contributed by atoms with Crippen molar-refractivity contribution in [1.29, 1.82) is 0 Å². The molecule has 4 aromatic rings. The molecule has 0 spiro atoms. The quantitative estimate of drug-likeness (QED) is 0.557. The number of ether oxygens (including phenoxy) is 3. The number of benzene rings is 2. The van der Waals surface area contributed by atoms with Crippen LogP contribution in [-0.2, 0) is 0 Å². The van der Waals surface area contributed by atoms with Gasteiger partial charge in [0.2, 0.25) is 6.79 Å². The molecular weight excluding hydrogens is 358 g/mol. The smallest absolute Gasteiger partial charge is 0.231 e.